The van der Waals surface area contributed by atoms with Crippen LogP contribution < -0.4 is 4.74 Å². The van der Waals surface area contributed by atoms with Crippen molar-refractivity contribution in [1.29, 1.82) is 0 Å². The molecule has 0 unspecified atom stereocenters. The van der Waals surface area contributed by atoms with Gasteiger partial charge >= 0.3 is 0 Å². The normalized spacial score (nSPS) is 24.5. The minimum Gasteiger partial charge on any atom is -0.490 e. The van der Waals surface area contributed by atoms with Crippen molar-refractivity contribution in [3.05, 3.63) is 36.7 Å². The third kappa shape index (κ3) is 3.74. The van der Waals surface area contributed by atoms with Crippen LogP contribution in [0.1, 0.15) is 57.4 Å². The highest BCUT2D eigenvalue weighted by atomic mass is 16.5. The highest BCUT2D eigenvalue weighted by Crippen LogP contribution is 2.35. The largest absolute Gasteiger partial charge is 0.490 e. The standard InChI is InChI=1S/C21H28N2O2/c24-15-16-4-3-5-18(14-16)23-13-12-22-21(23)17-8-10-20(11-9-17)25-19-6-1-2-7-19/h8-13,16,18-19,24H,1-7,14-15H2/t16-,18+/m0/s1. The van der Waals surface area contributed by atoms with E-state index in [0.717, 1.165) is 30.0 Å². The Labute approximate surface area is 149 Å². The maximum absolute atomic E-state index is 9.50. The van der Waals surface area contributed by atoms with Crippen LogP contribution in [0.4, 0.5) is 0 Å². The molecule has 1 aromatic heterocycles. The van der Waals surface area contributed by atoms with Gasteiger partial charge in [0, 0.05) is 30.6 Å². The maximum atomic E-state index is 9.50. The molecule has 2 saturated carbocycles. The first kappa shape index (κ1) is 16.6. The second-order valence-corrected chi connectivity index (χ2v) is 7.58. The fraction of sp³-hybridized carbons (Fsp3) is 0.571. The zero-order chi connectivity index (χ0) is 17.1. The van der Waals surface area contributed by atoms with Crippen LogP contribution in [0.5, 0.6) is 5.75 Å². The molecule has 2 aliphatic carbocycles. The Hall–Kier alpha value is -1.81. The molecule has 0 amide bonds. The summed E-state index contributed by atoms with van der Waals surface area (Å²) in [4.78, 5) is 4.61. The molecule has 2 fully saturated rings. The second-order valence-electron chi connectivity index (χ2n) is 7.58. The first-order valence-corrected chi connectivity index (χ1v) is 9.74. The van der Waals surface area contributed by atoms with E-state index in [-0.39, 0.29) is 0 Å². The summed E-state index contributed by atoms with van der Waals surface area (Å²) < 4.78 is 8.37. The van der Waals surface area contributed by atoms with E-state index >= 15 is 0 Å². The van der Waals surface area contributed by atoms with Crippen LogP contribution in [-0.4, -0.2) is 27.4 Å². The Kier molecular flexibility index (Phi) is 5.07. The summed E-state index contributed by atoms with van der Waals surface area (Å²) in [6.45, 7) is 0.299. The van der Waals surface area contributed by atoms with Crippen LogP contribution in [0.15, 0.2) is 36.7 Å². The predicted octanol–water partition coefficient (Wildman–Crippen LogP) is 4.60. The summed E-state index contributed by atoms with van der Waals surface area (Å²) in [6, 6.07) is 8.83. The molecule has 1 heterocycles. The van der Waals surface area contributed by atoms with Gasteiger partial charge in [-0.05, 0) is 75.1 Å². The van der Waals surface area contributed by atoms with Crippen molar-refractivity contribution in [3.8, 4) is 17.1 Å². The molecule has 0 bridgehead atoms. The van der Waals surface area contributed by atoms with Gasteiger partial charge in [-0.2, -0.15) is 0 Å². The molecule has 0 saturated heterocycles. The average Bonchev–Trinajstić information content (AvgIpc) is 3.34. The number of aromatic nitrogens is 2. The summed E-state index contributed by atoms with van der Waals surface area (Å²) in [7, 11) is 0. The van der Waals surface area contributed by atoms with Gasteiger partial charge in [0.05, 0.1) is 6.10 Å². The van der Waals surface area contributed by atoms with E-state index < -0.39 is 0 Å². The van der Waals surface area contributed by atoms with Gasteiger partial charge in [-0.15, -0.1) is 0 Å². The molecule has 0 spiro atoms. The zero-order valence-electron chi connectivity index (χ0n) is 14.8. The lowest BCUT2D eigenvalue weighted by atomic mass is 9.86. The lowest BCUT2D eigenvalue weighted by Crippen LogP contribution is -2.21. The van der Waals surface area contributed by atoms with Crippen LogP contribution >= 0.6 is 0 Å². The molecule has 4 rings (SSSR count). The molecule has 1 aromatic carbocycles. The van der Waals surface area contributed by atoms with Crippen molar-refractivity contribution in [2.24, 2.45) is 5.92 Å². The molecule has 2 aliphatic rings. The molecule has 4 heteroatoms. The molecule has 134 valence electrons. The second kappa shape index (κ2) is 7.61. The van der Waals surface area contributed by atoms with Gasteiger partial charge in [-0.25, -0.2) is 4.98 Å². The smallest absolute Gasteiger partial charge is 0.140 e. The van der Waals surface area contributed by atoms with Crippen molar-refractivity contribution >= 4 is 0 Å². The number of nitrogens with zero attached hydrogens (tertiary/aromatic N) is 2. The molecular weight excluding hydrogens is 312 g/mol. The first-order chi connectivity index (χ1) is 12.3. The van der Waals surface area contributed by atoms with E-state index in [0.29, 0.717) is 24.7 Å². The van der Waals surface area contributed by atoms with Crippen LogP contribution in [0.3, 0.4) is 0 Å². The van der Waals surface area contributed by atoms with Crippen LogP contribution in [0, 0.1) is 5.92 Å². The number of hydrogen-bond donors (Lipinski definition) is 1. The monoisotopic (exact) mass is 340 g/mol. The molecule has 0 radical (unpaired) electrons. The number of aliphatic hydroxyl groups is 1. The number of ether oxygens (including phenoxy) is 1. The lowest BCUT2D eigenvalue weighted by Gasteiger charge is -2.30. The van der Waals surface area contributed by atoms with Gasteiger partial charge < -0.3 is 14.4 Å². The molecule has 2 aromatic rings. The quantitative estimate of drug-likeness (QED) is 0.865. The van der Waals surface area contributed by atoms with Crippen molar-refractivity contribution < 1.29 is 9.84 Å². The average molecular weight is 340 g/mol. The van der Waals surface area contributed by atoms with E-state index in [1.165, 1.54) is 38.5 Å². The topological polar surface area (TPSA) is 47.3 Å². The first-order valence-electron chi connectivity index (χ1n) is 9.74. The molecular formula is C21H28N2O2. The minimum atomic E-state index is 0.299. The van der Waals surface area contributed by atoms with Gasteiger partial charge in [0.1, 0.15) is 11.6 Å². The minimum absolute atomic E-state index is 0.299. The summed E-state index contributed by atoms with van der Waals surface area (Å²) in [5.74, 6) is 2.42. The van der Waals surface area contributed by atoms with E-state index in [4.69, 9.17) is 4.74 Å². The van der Waals surface area contributed by atoms with Gasteiger partial charge in [-0.1, -0.05) is 6.42 Å². The molecule has 1 N–H and O–H groups in total. The Morgan fingerprint density at radius 2 is 1.84 bits per heavy atom. The summed E-state index contributed by atoms with van der Waals surface area (Å²) in [5, 5.41) is 9.50. The Morgan fingerprint density at radius 1 is 1.04 bits per heavy atom. The van der Waals surface area contributed by atoms with Crippen LogP contribution in [0.2, 0.25) is 0 Å². The van der Waals surface area contributed by atoms with E-state index in [2.05, 4.69) is 40.0 Å². The third-order valence-corrected chi connectivity index (χ3v) is 5.79. The molecule has 2 atom stereocenters. The summed E-state index contributed by atoms with van der Waals surface area (Å²) in [6.07, 6.45) is 13.8. The molecule has 4 nitrogen and oxygen atoms in total. The van der Waals surface area contributed by atoms with Crippen molar-refractivity contribution in [2.75, 3.05) is 6.61 Å². The number of imidazole rings is 1. The van der Waals surface area contributed by atoms with E-state index in [1.54, 1.807) is 0 Å². The predicted molar refractivity (Wildman–Crippen MR) is 98.6 cm³/mol. The Morgan fingerprint density at radius 3 is 2.60 bits per heavy atom. The SMILES string of the molecule is OC[C@H]1CCC[C@@H](n2ccnc2-c2ccc(OC3CCCC3)cc2)C1. The fourth-order valence-corrected chi connectivity index (χ4v) is 4.39. The van der Waals surface area contributed by atoms with Crippen molar-refractivity contribution in [1.82, 2.24) is 9.55 Å². The number of hydrogen-bond acceptors (Lipinski definition) is 3. The number of benzene rings is 1. The van der Waals surface area contributed by atoms with Gasteiger partial charge in [0.15, 0.2) is 0 Å². The van der Waals surface area contributed by atoms with Gasteiger partial charge in [0.2, 0.25) is 0 Å². The molecule has 0 aliphatic heterocycles. The Bertz CT molecular complexity index is 673. The number of rotatable bonds is 5. The fourth-order valence-electron chi connectivity index (χ4n) is 4.39. The van der Waals surface area contributed by atoms with E-state index in [1.807, 2.05) is 6.20 Å². The van der Waals surface area contributed by atoms with Crippen molar-refractivity contribution in [3.63, 3.8) is 0 Å². The van der Waals surface area contributed by atoms with Gasteiger partial charge in [0.25, 0.3) is 0 Å². The zero-order valence-corrected chi connectivity index (χ0v) is 14.8. The third-order valence-electron chi connectivity index (χ3n) is 5.79. The van der Waals surface area contributed by atoms with Crippen LogP contribution in [-0.2, 0) is 0 Å². The summed E-state index contributed by atoms with van der Waals surface area (Å²) in [5.41, 5.74) is 1.13. The van der Waals surface area contributed by atoms with Crippen LogP contribution in [0.25, 0.3) is 11.4 Å². The highest BCUT2D eigenvalue weighted by molar-refractivity contribution is 5.57. The lowest BCUT2D eigenvalue weighted by molar-refractivity contribution is 0.163. The number of aliphatic hydroxyl groups excluding tert-OH is 1. The summed E-state index contributed by atoms with van der Waals surface area (Å²) >= 11 is 0. The van der Waals surface area contributed by atoms with E-state index in [9.17, 15) is 5.11 Å². The highest BCUT2D eigenvalue weighted by Gasteiger charge is 2.24. The van der Waals surface area contributed by atoms with Gasteiger partial charge in [-0.3, -0.25) is 0 Å². The van der Waals surface area contributed by atoms with Crippen molar-refractivity contribution in [2.45, 2.75) is 63.5 Å². The maximum Gasteiger partial charge on any atom is 0.140 e. The Balaban J connectivity index is 1.49. The molecule has 25 heavy (non-hydrogen) atoms.